The predicted octanol–water partition coefficient (Wildman–Crippen LogP) is 4.10. The van der Waals surface area contributed by atoms with Crippen LogP contribution < -0.4 is 11.2 Å². The van der Waals surface area contributed by atoms with Gasteiger partial charge in [-0.3, -0.25) is 13.9 Å². The molecule has 3 aromatic rings. The fourth-order valence-electron chi connectivity index (χ4n) is 2.79. The average molecular weight is 363 g/mol. The number of benzene rings is 2. The van der Waals surface area contributed by atoms with E-state index in [-0.39, 0.29) is 23.8 Å². The van der Waals surface area contributed by atoms with Gasteiger partial charge in [0.1, 0.15) is 0 Å². The van der Waals surface area contributed by atoms with Crippen molar-refractivity contribution < 1.29 is 0 Å². The second-order valence-corrected chi connectivity index (χ2v) is 6.72. The molecule has 0 unspecified atom stereocenters. The highest BCUT2D eigenvalue weighted by atomic mass is 35.5. The first-order valence-electron chi connectivity index (χ1n) is 7.58. The number of fused-ring (bicyclic) bond motifs is 1. The minimum Gasteiger partial charge on any atom is -0.291 e. The zero-order valence-corrected chi connectivity index (χ0v) is 14.8. The van der Waals surface area contributed by atoms with E-state index in [0.29, 0.717) is 20.9 Å². The third-order valence-electron chi connectivity index (χ3n) is 3.92. The van der Waals surface area contributed by atoms with E-state index in [1.807, 2.05) is 19.9 Å². The molecule has 0 saturated carbocycles. The summed E-state index contributed by atoms with van der Waals surface area (Å²) in [6.07, 6.45) is 0. The number of aromatic nitrogens is 2. The Labute approximate surface area is 148 Å². The van der Waals surface area contributed by atoms with Crippen LogP contribution in [0.3, 0.4) is 0 Å². The predicted molar refractivity (Wildman–Crippen MR) is 98.4 cm³/mol. The van der Waals surface area contributed by atoms with Crippen LogP contribution in [0, 0.1) is 0 Å². The van der Waals surface area contributed by atoms with Crippen LogP contribution in [-0.2, 0) is 6.54 Å². The van der Waals surface area contributed by atoms with Crippen LogP contribution in [0.25, 0.3) is 10.9 Å². The second-order valence-electron chi connectivity index (χ2n) is 5.90. The fourth-order valence-corrected chi connectivity index (χ4v) is 3.11. The molecule has 2 aromatic carbocycles. The summed E-state index contributed by atoms with van der Waals surface area (Å²) in [5.74, 6) is 0. The lowest BCUT2D eigenvalue weighted by molar-refractivity contribution is 0.543. The Kier molecular flexibility index (Phi) is 4.52. The molecule has 0 bridgehead atoms. The minimum absolute atomic E-state index is 0.0666. The van der Waals surface area contributed by atoms with E-state index in [1.165, 1.54) is 4.57 Å². The largest absolute Gasteiger partial charge is 0.332 e. The van der Waals surface area contributed by atoms with Gasteiger partial charge in [0, 0.05) is 6.04 Å². The normalized spacial score (nSPS) is 11.4. The van der Waals surface area contributed by atoms with Crippen molar-refractivity contribution in [3.05, 3.63) is 78.9 Å². The molecule has 6 heteroatoms. The average Bonchev–Trinajstić information content (AvgIpc) is 2.54. The summed E-state index contributed by atoms with van der Waals surface area (Å²) in [7, 11) is 0. The Hall–Kier alpha value is -2.04. The third kappa shape index (κ3) is 2.87. The molecule has 3 rings (SSSR count). The van der Waals surface area contributed by atoms with E-state index in [0.717, 1.165) is 5.56 Å². The molecule has 0 aliphatic carbocycles. The maximum Gasteiger partial charge on any atom is 0.332 e. The maximum atomic E-state index is 12.9. The van der Waals surface area contributed by atoms with Crippen molar-refractivity contribution in [2.45, 2.75) is 26.4 Å². The van der Waals surface area contributed by atoms with Crippen LogP contribution >= 0.6 is 23.2 Å². The van der Waals surface area contributed by atoms with Gasteiger partial charge in [0.05, 0.1) is 27.5 Å². The van der Waals surface area contributed by atoms with Crippen molar-refractivity contribution in [1.82, 2.24) is 9.13 Å². The molecular formula is C18H16Cl2N2O2. The highest BCUT2D eigenvalue weighted by Gasteiger charge is 2.15. The Morgan fingerprint density at radius 2 is 1.71 bits per heavy atom. The monoisotopic (exact) mass is 362 g/mol. The van der Waals surface area contributed by atoms with E-state index < -0.39 is 0 Å². The van der Waals surface area contributed by atoms with Gasteiger partial charge in [-0.2, -0.15) is 0 Å². The van der Waals surface area contributed by atoms with Gasteiger partial charge in [-0.15, -0.1) is 0 Å². The molecular weight excluding hydrogens is 347 g/mol. The van der Waals surface area contributed by atoms with Crippen LogP contribution in [0.5, 0.6) is 0 Å². The lowest BCUT2D eigenvalue weighted by atomic mass is 10.2. The summed E-state index contributed by atoms with van der Waals surface area (Å²) < 4.78 is 2.87. The van der Waals surface area contributed by atoms with Gasteiger partial charge in [0.25, 0.3) is 5.56 Å². The third-order valence-corrected chi connectivity index (χ3v) is 4.66. The molecule has 0 fully saturated rings. The van der Waals surface area contributed by atoms with Gasteiger partial charge in [-0.25, -0.2) is 4.79 Å². The molecule has 0 spiro atoms. The summed E-state index contributed by atoms with van der Waals surface area (Å²) in [5, 5.41) is 1.35. The van der Waals surface area contributed by atoms with Crippen molar-refractivity contribution >= 4 is 34.1 Å². The summed E-state index contributed by atoms with van der Waals surface area (Å²) >= 11 is 12.0. The molecule has 0 atom stereocenters. The molecule has 1 heterocycles. The van der Waals surface area contributed by atoms with Crippen molar-refractivity contribution in [2.75, 3.05) is 0 Å². The molecule has 0 saturated heterocycles. The molecule has 24 heavy (non-hydrogen) atoms. The quantitative estimate of drug-likeness (QED) is 0.703. The van der Waals surface area contributed by atoms with E-state index in [9.17, 15) is 9.59 Å². The van der Waals surface area contributed by atoms with Crippen molar-refractivity contribution in [3.63, 3.8) is 0 Å². The van der Waals surface area contributed by atoms with E-state index in [2.05, 4.69) is 0 Å². The van der Waals surface area contributed by atoms with Gasteiger partial charge in [0.2, 0.25) is 0 Å². The topological polar surface area (TPSA) is 44.0 Å². The molecule has 0 aliphatic rings. The molecule has 0 amide bonds. The molecule has 0 aliphatic heterocycles. The number of hydrogen-bond acceptors (Lipinski definition) is 2. The molecule has 0 N–H and O–H groups in total. The summed E-state index contributed by atoms with van der Waals surface area (Å²) in [4.78, 5) is 25.6. The molecule has 124 valence electrons. The number of rotatable bonds is 3. The summed E-state index contributed by atoms with van der Waals surface area (Å²) in [6.45, 7) is 3.98. The highest BCUT2D eigenvalue weighted by Crippen LogP contribution is 2.22. The van der Waals surface area contributed by atoms with Crippen molar-refractivity contribution in [1.29, 1.82) is 0 Å². The Morgan fingerprint density at radius 3 is 2.38 bits per heavy atom. The van der Waals surface area contributed by atoms with Crippen LogP contribution in [0.1, 0.15) is 25.5 Å². The van der Waals surface area contributed by atoms with Gasteiger partial charge < -0.3 is 0 Å². The maximum absolute atomic E-state index is 12.9. The van der Waals surface area contributed by atoms with Gasteiger partial charge >= 0.3 is 5.69 Å². The molecule has 4 nitrogen and oxygen atoms in total. The molecule has 0 radical (unpaired) electrons. The first-order valence-corrected chi connectivity index (χ1v) is 8.33. The lowest BCUT2D eigenvalue weighted by Crippen LogP contribution is -2.41. The number of halogens is 2. The van der Waals surface area contributed by atoms with Gasteiger partial charge in [-0.05, 0) is 43.7 Å². The van der Waals surface area contributed by atoms with E-state index in [1.54, 1.807) is 41.0 Å². The zero-order chi connectivity index (χ0) is 17.4. The fraction of sp³-hybridized carbons (Fsp3) is 0.222. The summed E-state index contributed by atoms with van der Waals surface area (Å²) in [6, 6.07) is 12.2. The SMILES string of the molecule is CC(C)n1c(=O)n(Cc2ccc(Cl)c(Cl)c2)c(=O)c2ccccc21. The summed E-state index contributed by atoms with van der Waals surface area (Å²) in [5.41, 5.74) is 0.750. The van der Waals surface area contributed by atoms with Gasteiger partial charge in [0.15, 0.2) is 0 Å². The first-order chi connectivity index (χ1) is 11.4. The minimum atomic E-state index is -0.334. The molecule has 1 aromatic heterocycles. The van der Waals surface area contributed by atoms with Gasteiger partial charge in [-0.1, -0.05) is 41.4 Å². The van der Waals surface area contributed by atoms with Crippen LogP contribution in [0.2, 0.25) is 10.0 Å². The first kappa shape index (κ1) is 16.8. The highest BCUT2D eigenvalue weighted by molar-refractivity contribution is 6.42. The Balaban J connectivity index is 2.26. The standard InChI is InChI=1S/C18H16Cl2N2O2/c1-11(2)22-16-6-4-3-5-13(16)17(23)21(18(22)24)10-12-7-8-14(19)15(20)9-12/h3-9,11H,10H2,1-2H3. The van der Waals surface area contributed by atoms with E-state index in [4.69, 9.17) is 23.2 Å². The van der Waals surface area contributed by atoms with E-state index >= 15 is 0 Å². The number of nitrogens with zero attached hydrogens (tertiary/aromatic N) is 2. The smallest absolute Gasteiger partial charge is 0.291 e. The number of hydrogen-bond donors (Lipinski definition) is 0. The Morgan fingerprint density at radius 1 is 1.00 bits per heavy atom. The Bertz CT molecular complexity index is 1040. The number of para-hydroxylation sites is 1. The lowest BCUT2D eigenvalue weighted by Gasteiger charge is -2.17. The van der Waals surface area contributed by atoms with Crippen LogP contribution in [0.15, 0.2) is 52.1 Å². The zero-order valence-electron chi connectivity index (χ0n) is 13.3. The van der Waals surface area contributed by atoms with Crippen LogP contribution in [-0.4, -0.2) is 9.13 Å². The second kappa shape index (κ2) is 6.46. The van der Waals surface area contributed by atoms with Crippen molar-refractivity contribution in [2.24, 2.45) is 0 Å². The van der Waals surface area contributed by atoms with Crippen molar-refractivity contribution in [3.8, 4) is 0 Å². The van der Waals surface area contributed by atoms with Crippen LogP contribution in [0.4, 0.5) is 0 Å².